The maximum atomic E-state index is 12.0. The van der Waals surface area contributed by atoms with E-state index in [1.54, 1.807) is 0 Å². The minimum absolute atomic E-state index is 0.0853. The van der Waals surface area contributed by atoms with E-state index >= 15 is 0 Å². The Kier molecular flexibility index (Phi) is 3.51. The fraction of sp³-hybridized carbons (Fsp3) is 0.692. The van der Waals surface area contributed by atoms with Crippen LogP contribution in [0.2, 0.25) is 0 Å². The molecule has 0 radical (unpaired) electrons. The van der Waals surface area contributed by atoms with Gasteiger partial charge in [0, 0.05) is 5.92 Å². The Hall–Kier alpha value is -1.50. The first-order valence-corrected chi connectivity index (χ1v) is 5.78. The molecule has 94 valence electrons. The van der Waals surface area contributed by atoms with Gasteiger partial charge in [-0.15, -0.1) is 6.42 Å². The van der Waals surface area contributed by atoms with Crippen LogP contribution in [0.5, 0.6) is 0 Å². The summed E-state index contributed by atoms with van der Waals surface area (Å²) in [7, 11) is 0. The number of hydrogen-bond donors (Lipinski definition) is 2. The molecule has 1 aliphatic rings. The molecule has 4 nitrogen and oxygen atoms in total. The first kappa shape index (κ1) is 13.6. The molecular weight excluding hydrogens is 216 g/mol. The van der Waals surface area contributed by atoms with Gasteiger partial charge < -0.3 is 11.1 Å². The number of nitrogens with one attached hydrogen (secondary N) is 1. The van der Waals surface area contributed by atoms with Gasteiger partial charge in [-0.3, -0.25) is 9.59 Å². The Labute approximate surface area is 102 Å². The quantitative estimate of drug-likeness (QED) is 0.707. The third-order valence-electron chi connectivity index (χ3n) is 4.45. The second-order valence-electron chi connectivity index (χ2n) is 5.43. The maximum Gasteiger partial charge on any atom is 0.224 e. The van der Waals surface area contributed by atoms with Gasteiger partial charge >= 0.3 is 0 Å². The van der Waals surface area contributed by atoms with Crippen molar-refractivity contribution in [1.82, 2.24) is 5.32 Å². The van der Waals surface area contributed by atoms with Crippen LogP contribution in [-0.2, 0) is 9.59 Å². The standard InChI is InChI=1S/C13H20N2O2/c1-5-8-15-10(16)9-6-7-13(4,11(14)17)12(9,2)3/h1,9H,6-8H2,2-4H3,(H2,14,17)(H,15,16). The van der Waals surface area contributed by atoms with Crippen LogP contribution in [-0.4, -0.2) is 18.4 Å². The molecule has 0 bridgehead atoms. The van der Waals surface area contributed by atoms with Gasteiger partial charge in [-0.2, -0.15) is 0 Å². The largest absolute Gasteiger partial charge is 0.369 e. The van der Waals surface area contributed by atoms with Crippen molar-refractivity contribution in [2.45, 2.75) is 33.6 Å². The Morgan fingerprint density at radius 1 is 1.47 bits per heavy atom. The number of primary amides is 1. The molecule has 0 aromatic heterocycles. The molecule has 0 aromatic rings. The van der Waals surface area contributed by atoms with Crippen LogP contribution in [0.3, 0.4) is 0 Å². The minimum Gasteiger partial charge on any atom is -0.369 e. The van der Waals surface area contributed by atoms with Crippen molar-refractivity contribution in [3.8, 4) is 12.3 Å². The Morgan fingerprint density at radius 3 is 2.47 bits per heavy atom. The van der Waals surface area contributed by atoms with E-state index in [2.05, 4.69) is 11.2 Å². The lowest BCUT2D eigenvalue weighted by molar-refractivity contribution is -0.136. The third-order valence-corrected chi connectivity index (χ3v) is 4.45. The molecule has 17 heavy (non-hydrogen) atoms. The van der Waals surface area contributed by atoms with Gasteiger partial charge in [0.15, 0.2) is 0 Å². The van der Waals surface area contributed by atoms with Gasteiger partial charge in [0.05, 0.1) is 12.0 Å². The molecule has 2 amide bonds. The van der Waals surface area contributed by atoms with Crippen LogP contribution >= 0.6 is 0 Å². The smallest absolute Gasteiger partial charge is 0.224 e. The topological polar surface area (TPSA) is 72.2 Å². The van der Waals surface area contributed by atoms with Crippen LogP contribution in [0, 0.1) is 29.1 Å². The SMILES string of the molecule is C#CCNC(=O)C1CCC(C)(C(N)=O)C1(C)C. The van der Waals surface area contributed by atoms with Crippen molar-refractivity contribution in [1.29, 1.82) is 0 Å². The summed E-state index contributed by atoms with van der Waals surface area (Å²) in [6.07, 6.45) is 6.42. The second-order valence-corrected chi connectivity index (χ2v) is 5.43. The van der Waals surface area contributed by atoms with Crippen LogP contribution < -0.4 is 11.1 Å². The number of rotatable bonds is 3. The summed E-state index contributed by atoms with van der Waals surface area (Å²) in [4.78, 5) is 23.6. The first-order chi connectivity index (χ1) is 7.77. The van der Waals surface area contributed by atoms with Crippen LogP contribution in [0.15, 0.2) is 0 Å². The lowest BCUT2D eigenvalue weighted by Crippen LogP contribution is -2.47. The number of hydrogen-bond acceptors (Lipinski definition) is 2. The molecule has 1 saturated carbocycles. The molecule has 2 atom stereocenters. The number of carbonyl (C=O) groups is 2. The fourth-order valence-corrected chi connectivity index (χ4v) is 2.66. The predicted molar refractivity (Wildman–Crippen MR) is 65.6 cm³/mol. The predicted octanol–water partition coefficient (Wildman–Crippen LogP) is 0.664. The van der Waals surface area contributed by atoms with E-state index in [-0.39, 0.29) is 24.3 Å². The van der Waals surface area contributed by atoms with Crippen LogP contribution in [0.25, 0.3) is 0 Å². The molecule has 4 heteroatoms. The fourth-order valence-electron chi connectivity index (χ4n) is 2.66. The Bertz CT molecular complexity index is 381. The normalized spacial score (nSPS) is 30.6. The summed E-state index contributed by atoms with van der Waals surface area (Å²) < 4.78 is 0. The summed E-state index contributed by atoms with van der Waals surface area (Å²) in [5.74, 6) is 1.73. The van der Waals surface area contributed by atoms with Crippen molar-refractivity contribution >= 4 is 11.8 Å². The number of terminal acetylenes is 1. The van der Waals surface area contributed by atoms with Crippen molar-refractivity contribution in [2.24, 2.45) is 22.5 Å². The summed E-state index contributed by atoms with van der Waals surface area (Å²) in [5.41, 5.74) is 4.39. The zero-order valence-electron chi connectivity index (χ0n) is 10.7. The van der Waals surface area contributed by atoms with E-state index in [0.717, 1.165) is 0 Å². The van der Waals surface area contributed by atoms with Crippen molar-refractivity contribution < 1.29 is 9.59 Å². The third kappa shape index (κ3) is 2.02. The maximum absolute atomic E-state index is 12.0. The highest BCUT2D eigenvalue weighted by Gasteiger charge is 2.57. The lowest BCUT2D eigenvalue weighted by Gasteiger charge is -2.38. The van der Waals surface area contributed by atoms with Crippen molar-refractivity contribution in [2.75, 3.05) is 6.54 Å². The molecule has 1 fully saturated rings. The highest BCUT2D eigenvalue weighted by molar-refractivity contribution is 5.86. The zero-order chi connectivity index (χ0) is 13.3. The summed E-state index contributed by atoms with van der Waals surface area (Å²) in [6, 6.07) is 0. The van der Waals surface area contributed by atoms with Gasteiger partial charge in [0.25, 0.3) is 0 Å². The minimum atomic E-state index is -0.634. The van der Waals surface area contributed by atoms with E-state index < -0.39 is 10.8 Å². The molecule has 0 aromatic carbocycles. The number of amides is 2. The van der Waals surface area contributed by atoms with Gasteiger partial charge in [-0.05, 0) is 18.3 Å². The van der Waals surface area contributed by atoms with Gasteiger partial charge in [-0.1, -0.05) is 26.7 Å². The second kappa shape index (κ2) is 4.40. The first-order valence-electron chi connectivity index (χ1n) is 5.78. The zero-order valence-corrected chi connectivity index (χ0v) is 10.7. The van der Waals surface area contributed by atoms with Crippen molar-refractivity contribution in [3.05, 3.63) is 0 Å². The highest BCUT2D eigenvalue weighted by atomic mass is 16.2. The molecule has 0 aliphatic heterocycles. The monoisotopic (exact) mass is 236 g/mol. The van der Waals surface area contributed by atoms with E-state index in [4.69, 9.17) is 12.2 Å². The van der Waals surface area contributed by atoms with Gasteiger partial charge in [0.1, 0.15) is 0 Å². The summed E-state index contributed by atoms with van der Waals surface area (Å²) in [5, 5.41) is 2.68. The lowest BCUT2D eigenvalue weighted by atomic mass is 9.65. The molecule has 0 heterocycles. The highest BCUT2D eigenvalue weighted by Crippen LogP contribution is 2.55. The number of carbonyl (C=O) groups excluding carboxylic acids is 2. The Morgan fingerprint density at radius 2 is 2.06 bits per heavy atom. The van der Waals surface area contributed by atoms with E-state index in [9.17, 15) is 9.59 Å². The molecular formula is C13H20N2O2. The van der Waals surface area contributed by atoms with Crippen LogP contribution in [0.4, 0.5) is 0 Å². The molecule has 2 unspecified atom stereocenters. The molecule has 1 aliphatic carbocycles. The number of nitrogens with two attached hydrogens (primary N) is 1. The van der Waals surface area contributed by atoms with Crippen molar-refractivity contribution in [3.63, 3.8) is 0 Å². The average molecular weight is 236 g/mol. The van der Waals surface area contributed by atoms with E-state index in [1.807, 2.05) is 20.8 Å². The Balaban J connectivity index is 2.90. The van der Waals surface area contributed by atoms with Crippen LogP contribution in [0.1, 0.15) is 33.6 Å². The van der Waals surface area contributed by atoms with Gasteiger partial charge in [0.2, 0.25) is 11.8 Å². The summed E-state index contributed by atoms with van der Waals surface area (Å²) >= 11 is 0. The molecule has 0 saturated heterocycles. The molecule has 1 rings (SSSR count). The van der Waals surface area contributed by atoms with E-state index in [0.29, 0.717) is 12.8 Å². The molecule has 0 spiro atoms. The molecule has 3 N–H and O–H groups in total. The summed E-state index contributed by atoms with van der Waals surface area (Å²) in [6.45, 7) is 5.90. The van der Waals surface area contributed by atoms with E-state index in [1.165, 1.54) is 0 Å². The van der Waals surface area contributed by atoms with Gasteiger partial charge in [-0.25, -0.2) is 0 Å². The average Bonchev–Trinajstić information content (AvgIpc) is 2.48.